The molecule has 0 spiro atoms. The predicted molar refractivity (Wildman–Crippen MR) is 119 cm³/mol. The maximum absolute atomic E-state index is 12.1. The Balaban J connectivity index is 1.23. The van der Waals surface area contributed by atoms with Crippen molar-refractivity contribution in [1.29, 1.82) is 0 Å². The summed E-state index contributed by atoms with van der Waals surface area (Å²) in [5.41, 5.74) is 4.02. The molecule has 6 heteroatoms. The van der Waals surface area contributed by atoms with Gasteiger partial charge in [0.25, 0.3) is 5.91 Å². The van der Waals surface area contributed by atoms with E-state index in [-0.39, 0.29) is 12.5 Å². The lowest BCUT2D eigenvalue weighted by molar-refractivity contribution is -0.123. The third-order valence-electron chi connectivity index (χ3n) is 4.79. The van der Waals surface area contributed by atoms with Gasteiger partial charge in [-0.15, -0.1) is 0 Å². The second-order valence-corrected chi connectivity index (χ2v) is 6.95. The summed E-state index contributed by atoms with van der Waals surface area (Å²) in [5, 5.41) is 6.21. The van der Waals surface area contributed by atoms with Crippen LogP contribution in [0.25, 0.3) is 11.0 Å². The number of nitrogens with zero attached hydrogens (tertiary/aromatic N) is 2. The molecule has 1 aromatic heterocycles. The molecule has 0 bridgehead atoms. The van der Waals surface area contributed by atoms with Gasteiger partial charge in [-0.25, -0.2) is 4.98 Å². The van der Waals surface area contributed by atoms with Crippen molar-refractivity contribution in [3.63, 3.8) is 0 Å². The number of nitrogens with one attached hydrogen (secondary N) is 2. The number of carbonyl (C=O) groups excluding carboxylic acids is 1. The van der Waals surface area contributed by atoms with E-state index in [4.69, 9.17) is 4.74 Å². The molecule has 1 amide bonds. The summed E-state index contributed by atoms with van der Waals surface area (Å²) < 4.78 is 7.70. The van der Waals surface area contributed by atoms with E-state index < -0.39 is 0 Å². The third kappa shape index (κ3) is 4.78. The number of benzene rings is 3. The van der Waals surface area contributed by atoms with Gasteiger partial charge in [0.2, 0.25) is 0 Å². The molecular formula is C24H24N4O2. The lowest BCUT2D eigenvalue weighted by atomic mass is 10.2. The summed E-state index contributed by atoms with van der Waals surface area (Å²) in [6, 6.07) is 25.5. The molecule has 0 saturated heterocycles. The number of hydrogen-bond acceptors (Lipinski definition) is 4. The molecule has 4 rings (SSSR count). The molecule has 0 saturated carbocycles. The molecule has 1 heterocycles. The van der Waals surface area contributed by atoms with Crippen molar-refractivity contribution in [2.24, 2.45) is 0 Å². The van der Waals surface area contributed by atoms with Crippen LogP contribution < -0.4 is 15.4 Å². The molecule has 152 valence electrons. The molecule has 0 radical (unpaired) electrons. The van der Waals surface area contributed by atoms with Gasteiger partial charge in [-0.3, -0.25) is 4.79 Å². The highest BCUT2D eigenvalue weighted by Crippen LogP contribution is 2.20. The van der Waals surface area contributed by atoms with Gasteiger partial charge in [0.15, 0.2) is 6.61 Å². The number of anilines is 2. The van der Waals surface area contributed by atoms with Crippen molar-refractivity contribution in [2.45, 2.75) is 13.5 Å². The summed E-state index contributed by atoms with van der Waals surface area (Å²) in [6.07, 6.45) is 0. The lowest BCUT2D eigenvalue weighted by Crippen LogP contribution is -2.31. The molecule has 0 fully saturated rings. The lowest BCUT2D eigenvalue weighted by Gasteiger charge is -2.10. The molecular weight excluding hydrogens is 376 g/mol. The molecule has 0 aliphatic heterocycles. The number of amides is 1. The Morgan fingerprint density at radius 3 is 2.43 bits per heavy atom. The highest BCUT2D eigenvalue weighted by Gasteiger charge is 2.07. The zero-order valence-electron chi connectivity index (χ0n) is 16.8. The highest BCUT2D eigenvalue weighted by atomic mass is 16.5. The number of carbonyl (C=O) groups is 1. The normalized spacial score (nSPS) is 10.7. The van der Waals surface area contributed by atoms with Crippen LogP contribution in [0.4, 0.5) is 11.4 Å². The Hall–Kier alpha value is -3.80. The van der Waals surface area contributed by atoms with Gasteiger partial charge in [-0.2, -0.15) is 0 Å². The zero-order chi connectivity index (χ0) is 20.8. The van der Waals surface area contributed by atoms with Crippen LogP contribution in [0, 0.1) is 6.92 Å². The van der Waals surface area contributed by atoms with Crippen LogP contribution in [0.2, 0.25) is 0 Å². The molecule has 0 atom stereocenters. The van der Waals surface area contributed by atoms with Crippen LogP contribution >= 0.6 is 0 Å². The fourth-order valence-electron chi connectivity index (χ4n) is 3.31. The largest absolute Gasteiger partial charge is 0.484 e. The zero-order valence-corrected chi connectivity index (χ0v) is 16.8. The molecule has 0 aliphatic carbocycles. The van der Waals surface area contributed by atoms with Crippen LogP contribution in [0.15, 0.2) is 78.9 Å². The minimum atomic E-state index is -0.149. The van der Waals surface area contributed by atoms with Crippen molar-refractivity contribution >= 4 is 28.3 Å². The predicted octanol–water partition coefficient (Wildman–Crippen LogP) is 4.28. The molecule has 30 heavy (non-hydrogen) atoms. The van der Waals surface area contributed by atoms with Crippen molar-refractivity contribution in [3.8, 4) is 5.75 Å². The summed E-state index contributed by atoms with van der Waals surface area (Å²) >= 11 is 0. The Bertz CT molecular complexity index is 1120. The fourth-order valence-corrected chi connectivity index (χ4v) is 3.31. The first-order chi connectivity index (χ1) is 14.7. The molecule has 2 N–H and O–H groups in total. The molecule has 3 aromatic carbocycles. The van der Waals surface area contributed by atoms with Crippen molar-refractivity contribution in [3.05, 3.63) is 84.7 Å². The van der Waals surface area contributed by atoms with E-state index in [2.05, 4.69) is 20.2 Å². The fraction of sp³-hybridized carbons (Fsp3) is 0.167. The van der Waals surface area contributed by atoms with Crippen LogP contribution in [-0.4, -0.2) is 28.6 Å². The number of imidazole rings is 1. The Labute approximate surface area is 175 Å². The van der Waals surface area contributed by atoms with Gasteiger partial charge in [-0.1, -0.05) is 30.3 Å². The van der Waals surface area contributed by atoms with Gasteiger partial charge in [0, 0.05) is 24.5 Å². The summed E-state index contributed by atoms with van der Waals surface area (Å²) in [6.45, 7) is 3.14. The van der Waals surface area contributed by atoms with Crippen LogP contribution in [0.1, 0.15) is 5.82 Å². The van der Waals surface area contributed by atoms with Gasteiger partial charge < -0.3 is 19.9 Å². The van der Waals surface area contributed by atoms with Crippen LogP contribution in [0.3, 0.4) is 0 Å². The maximum atomic E-state index is 12.1. The van der Waals surface area contributed by atoms with Crippen LogP contribution in [-0.2, 0) is 11.3 Å². The smallest absolute Gasteiger partial charge is 0.258 e. The molecule has 0 unspecified atom stereocenters. The first kappa shape index (κ1) is 19.5. The number of para-hydroxylation sites is 3. The number of aromatic nitrogens is 2. The first-order valence-corrected chi connectivity index (χ1v) is 9.92. The van der Waals surface area contributed by atoms with E-state index in [1.807, 2.05) is 85.8 Å². The van der Waals surface area contributed by atoms with Gasteiger partial charge in [0.05, 0.1) is 11.0 Å². The van der Waals surface area contributed by atoms with Gasteiger partial charge >= 0.3 is 0 Å². The second kappa shape index (κ2) is 9.13. The standard InChI is InChI=1S/C24H24N4O2/c1-18-26-22-9-5-6-10-23(22)28(18)16-15-25-24(29)17-30-21-13-11-20(12-14-21)27-19-7-3-2-4-8-19/h2-14,27H,15-17H2,1H3,(H,25,29). The number of rotatable bonds is 8. The second-order valence-electron chi connectivity index (χ2n) is 6.95. The average molecular weight is 400 g/mol. The van der Waals surface area contributed by atoms with Crippen molar-refractivity contribution < 1.29 is 9.53 Å². The van der Waals surface area contributed by atoms with Gasteiger partial charge in [-0.05, 0) is 55.5 Å². The minimum Gasteiger partial charge on any atom is -0.484 e. The molecule has 4 aromatic rings. The molecule has 6 nitrogen and oxygen atoms in total. The average Bonchev–Trinajstić information content (AvgIpc) is 3.09. The van der Waals surface area contributed by atoms with E-state index in [9.17, 15) is 4.79 Å². The summed E-state index contributed by atoms with van der Waals surface area (Å²) in [5.74, 6) is 1.44. The number of hydrogen-bond donors (Lipinski definition) is 2. The highest BCUT2D eigenvalue weighted by molar-refractivity contribution is 5.78. The van der Waals surface area contributed by atoms with E-state index in [0.29, 0.717) is 18.8 Å². The van der Waals surface area contributed by atoms with Crippen molar-refractivity contribution in [2.75, 3.05) is 18.5 Å². The SMILES string of the molecule is Cc1nc2ccccc2n1CCNC(=O)COc1ccc(Nc2ccccc2)cc1. The minimum absolute atomic E-state index is 0.0187. The van der Waals surface area contributed by atoms with Crippen molar-refractivity contribution in [1.82, 2.24) is 14.9 Å². The van der Waals surface area contributed by atoms with E-state index in [1.165, 1.54) is 0 Å². The quantitative estimate of drug-likeness (QED) is 0.463. The Kier molecular flexibility index (Phi) is 5.94. The van der Waals surface area contributed by atoms with E-state index >= 15 is 0 Å². The maximum Gasteiger partial charge on any atom is 0.258 e. The van der Waals surface area contributed by atoms with E-state index in [0.717, 1.165) is 28.2 Å². The Morgan fingerprint density at radius 1 is 0.933 bits per heavy atom. The topological polar surface area (TPSA) is 68.2 Å². The number of ether oxygens (including phenoxy) is 1. The van der Waals surface area contributed by atoms with E-state index in [1.54, 1.807) is 0 Å². The summed E-state index contributed by atoms with van der Waals surface area (Å²) in [7, 11) is 0. The third-order valence-corrected chi connectivity index (χ3v) is 4.79. The first-order valence-electron chi connectivity index (χ1n) is 9.92. The van der Waals surface area contributed by atoms with Gasteiger partial charge in [0.1, 0.15) is 11.6 Å². The summed E-state index contributed by atoms with van der Waals surface area (Å²) in [4.78, 5) is 16.7. The Morgan fingerprint density at radius 2 is 1.63 bits per heavy atom. The molecule has 0 aliphatic rings. The number of aryl methyl sites for hydroxylation is 1. The van der Waals surface area contributed by atoms with Crippen LogP contribution in [0.5, 0.6) is 5.75 Å². The number of fused-ring (bicyclic) bond motifs is 1. The monoisotopic (exact) mass is 400 g/mol.